The van der Waals surface area contributed by atoms with Crippen molar-refractivity contribution in [3.05, 3.63) is 60.2 Å². The van der Waals surface area contributed by atoms with Gasteiger partial charge in [-0.3, -0.25) is 19.2 Å². The van der Waals surface area contributed by atoms with Gasteiger partial charge in [0.25, 0.3) is 17.6 Å². The third-order valence-corrected chi connectivity index (χ3v) is 7.08. The molecule has 0 N–H and O–H groups in total. The Kier molecular flexibility index (Phi) is 6.88. The van der Waals surface area contributed by atoms with Crippen LogP contribution in [0, 0.1) is 0 Å². The van der Waals surface area contributed by atoms with Crippen LogP contribution in [-0.4, -0.2) is 82.0 Å². The molecule has 5 rings (SSSR count). The number of likely N-dealkylation sites (tertiary alicyclic amines) is 1. The number of carbonyl (C=O) groups is 4. The van der Waals surface area contributed by atoms with Crippen molar-refractivity contribution in [1.29, 1.82) is 0 Å². The molecule has 4 heterocycles. The fraction of sp³-hybridized carbons (Fsp3) is 0.407. The molecule has 36 heavy (non-hydrogen) atoms. The van der Waals surface area contributed by atoms with Gasteiger partial charge in [0.15, 0.2) is 5.76 Å². The second-order valence-electron chi connectivity index (χ2n) is 9.37. The van der Waals surface area contributed by atoms with Crippen molar-refractivity contribution in [2.45, 2.75) is 32.2 Å². The van der Waals surface area contributed by atoms with E-state index in [-0.39, 0.29) is 37.2 Å². The molecular formula is C27H30N4O5. The molecule has 9 nitrogen and oxygen atoms in total. The number of aromatic nitrogens is 1. The van der Waals surface area contributed by atoms with E-state index in [1.807, 2.05) is 29.2 Å². The zero-order valence-electron chi connectivity index (χ0n) is 20.2. The highest BCUT2D eigenvalue weighted by atomic mass is 16.3. The van der Waals surface area contributed by atoms with Gasteiger partial charge in [0, 0.05) is 56.4 Å². The molecule has 9 heteroatoms. The highest BCUT2D eigenvalue weighted by Gasteiger charge is 2.31. The van der Waals surface area contributed by atoms with Crippen LogP contribution in [-0.2, 0) is 16.1 Å². The molecule has 2 aliphatic heterocycles. The summed E-state index contributed by atoms with van der Waals surface area (Å²) in [5, 5.41) is 0.658. The van der Waals surface area contributed by atoms with Crippen molar-refractivity contribution in [2.75, 3.05) is 39.3 Å². The van der Waals surface area contributed by atoms with Crippen LogP contribution in [0.1, 0.15) is 46.6 Å². The van der Waals surface area contributed by atoms with Crippen LogP contribution in [0.5, 0.6) is 0 Å². The monoisotopic (exact) mass is 490 g/mol. The van der Waals surface area contributed by atoms with Crippen molar-refractivity contribution in [2.24, 2.45) is 0 Å². The van der Waals surface area contributed by atoms with Crippen molar-refractivity contribution in [3.8, 4) is 0 Å². The first kappa shape index (κ1) is 23.8. The standard InChI is InChI=1S/C27H30N4O5/c32-24(28-11-5-1-2-6-12-28)19-31-18-21(20-8-3-4-9-22(20)31)25(33)27(35)30-15-13-29(14-16-30)26(34)23-10-7-17-36-23/h3-4,7-10,17-18H,1-2,5-6,11-16,19H2. The quantitative estimate of drug-likeness (QED) is 0.405. The lowest BCUT2D eigenvalue weighted by atomic mass is 10.1. The fourth-order valence-electron chi connectivity index (χ4n) is 5.05. The van der Waals surface area contributed by atoms with Crippen LogP contribution < -0.4 is 0 Å². The van der Waals surface area contributed by atoms with Crippen molar-refractivity contribution in [1.82, 2.24) is 19.3 Å². The number of para-hydroxylation sites is 1. The second kappa shape index (κ2) is 10.4. The number of piperazine rings is 1. The third kappa shape index (κ3) is 4.78. The number of carbonyl (C=O) groups excluding carboxylic acids is 4. The van der Waals surface area contributed by atoms with E-state index in [4.69, 9.17) is 4.42 Å². The average Bonchev–Trinajstić information content (AvgIpc) is 3.48. The summed E-state index contributed by atoms with van der Waals surface area (Å²) in [5.41, 5.74) is 1.05. The van der Waals surface area contributed by atoms with E-state index in [0.717, 1.165) is 44.3 Å². The lowest BCUT2D eigenvalue weighted by Crippen LogP contribution is -2.52. The van der Waals surface area contributed by atoms with Crippen LogP contribution >= 0.6 is 0 Å². The normalized spacial score (nSPS) is 16.7. The summed E-state index contributed by atoms with van der Waals surface area (Å²) >= 11 is 0. The second-order valence-corrected chi connectivity index (χ2v) is 9.37. The van der Waals surface area contributed by atoms with Gasteiger partial charge in [-0.2, -0.15) is 0 Å². The Morgan fingerprint density at radius 3 is 2.14 bits per heavy atom. The highest BCUT2D eigenvalue weighted by Crippen LogP contribution is 2.23. The number of hydrogen-bond acceptors (Lipinski definition) is 5. The first-order chi connectivity index (χ1) is 17.5. The Morgan fingerprint density at radius 1 is 0.750 bits per heavy atom. The van der Waals surface area contributed by atoms with E-state index in [0.29, 0.717) is 24.0 Å². The number of nitrogens with zero attached hydrogens (tertiary/aromatic N) is 4. The molecule has 2 fully saturated rings. The van der Waals surface area contributed by atoms with E-state index >= 15 is 0 Å². The van der Waals surface area contributed by atoms with Gasteiger partial charge < -0.3 is 23.7 Å². The molecule has 1 aromatic carbocycles. The first-order valence-corrected chi connectivity index (χ1v) is 12.5. The molecule has 2 aliphatic rings. The van der Waals surface area contributed by atoms with Gasteiger partial charge in [-0.1, -0.05) is 31.0 Å². The number of fused-ring (bicyclic) bond motifs is 1. The number of furan rings is 1. The molecule has 0 spiro atoms. The summed E-state index contributed by atoms with van der Waals surface area (Å²) < 4.78 is 6.96. The molecule has 188 valence electrons. The molecule has 0 unspecified atom stereocenters. The molecule has 0 bridgehead atoms. The van der Waals surface area contributed by atoms with Crippen LogP contribution in [0.15, 0.2) is 53.3 Å². The summed E-state index contributed by atoms with van der Waals surface area (Å²) in [6.45, 7) is 2.84. The van der Waals surface area contributed by atoms with Gasteiger partial charge in [-0.15, -0.1) is 0 Å². The van der Waals surface area contributed by atoms with E-state index < -0.39 is 11.7 Å². The minimum Gasteiger partial charge on any atom is -0.459 e. The molecule has 2 aromatic heterocycles. The van der Waals surface area contributed by atoms with Crippen LogP contribution in [0.25, 0.3) is 10.9 Å². The average molecular weight is 491 g/mol. The maximum absolute atomic E-state index is 13.3. The Balaban J connectivity index is 1.29. The van der Waals surface area contributed by atoms with Gasteiger partial charge in [-0.25, -0.2) is 0 Å². The number of Topliss-reactive ketones (excluding diaryl/α,β-unsaturated/α-hetero) is 1. The maximum atomic E-state index is 13.3. The number of rotatable bonds is 5. The Bertz CT molecular complexity index is 1260. The van der Waals surface area contributed by atoms with Crippen LogP contribution in [0.4, 0.5) is 0 Å². The van der Waals surface area contributed by atoms with E-state index in [1.165, 1.54) is 11.2 Å². The third-order valence-electron chi connectivity index (χ3n) is 7.08. The number of hydrogen-bond donors (Lipinski definition) is 0. The largest absolute Gasteiger partial charge is 0.459 e. The lowest BCUT2D eigenvalue weighted by molar-refractivity contribution is -0.131. The van der Waals surface area contributed by atoms with Crippen molar-refractivity contribution < 1.29 is 23.6 Å². The Hall–Kier alpha value is -3.88. The Morgan fingerprint density at radius 2 is 1.44 bits per heavy atom. The fourth-order valence-corrected chi connectivity index (χ4v) is 5.05. The van der Waals surface area contributed by atoms with Gasteiger partial charge in [0.2, 0.25) is 5.91 Å². The van der Waals surface area contributed by atoms with Gasteiger partial charge in [0.1, 0.15) is 6.54 Å². The SMILES string of the molecule is O=C(C(=O)N1CCN(C(=O)c2ccco2)CC1)c1cn(CC(=O)N2CCCCCC2)c2ccccc12. The summed E-state index contributed by atoms with van der Waals surface area (Å²) in [6.07, 6.45) is 7.39. The summed E-state index contributed by atoms with van der Waals surface area (Å²) in [5.74, 6) is -1.14. The number of amides is 3. The molecule has 0 atom stereocenters. The Labute approximate surface area is 209 Å². The zero-order valence-corrected chi connectivity index (χ0v) is 20.2. The topological polar surface area (TPSA) is 96.1 Å². The highest BCUT2D eigenvalue weighted by molar-refractivity contribution is 6.44. The lowest BCUT2D eigenvalue weighted by Gasteiger charge is -2.33. The van der Waals surface area contributed by atoms with Gasteiger partial charge >= 0.3 is 0 Å². The zero-order chi connectivity index (χ0) is 25.1. The molecular weight excluding hydrogens is 460 g/mol. The van der Waals surface area contributed by atoms with Crippen LogP contribution in [0.3, 0.4) is 0 Å². The molecule has 0 aliphatic carbocycles. The molecule has 0 saturated carbocycles. The number of benzene rings is 1. The molecule has 3 aromatic rings. The smallest absolute Gasteiger partial charge is 0.295 e. The van der Waals surface area contributed by atoms with Crippen molar-refractivity contribution >= 4 is 34.4 Å². The minimum atomic E-state index is -0.599. The molecule has 3 amide bonds. The van der Waals surface area contributed by atoms with Gasteiger partial charge in [0.05, 0.1) is 11.8 Å². The van der Waals surface area contributed by atoms with E-state index in [1.54, 1.807) is 27.8 Å². The first-order valence-electron chi connectivity index (χ1n) is 12.5. The van der Waals surface area contributed by atoms with E-state index in [9.17, 15) is 19.2 Å². The van der Waals surface area contributed by atoms with Crippen molar-refractivity contribution in [3.63, 3.8) is 0 Å². The molecule has 2 saturated heterocycles. The molecule has 0 radical (unpaired) electrons. The summed E-state index contributed by atoms with van der Waals surface area (Å²) in [4.78, 5) is 56.9. The summed E-state index contributed by atoms with van der Waals surface area (Å²) in [6, 6.07) is 10.6. The van der Waals surface area contributed by atoms with E-state index in [2.05, 4.69) is 0 Å². The predicted molar refractivity (Wildman–Crippen MR) is 133 cm³/mol. The van der Waals surface area contributed by atoms with Crippen LogP contribution in [0.2, 0.25) is 0 Å². The predicted octanol–water partition coefficient (Wildman–Crippen LogP) is 2.80. The maximum Gasteiger partial charge on any atom is 0.295 e. The number of ketones is 1. The van der Waals surface area contributed by atoms with Gasteiger partial charge in [-0.05, 0) is 31.0 Å². The summed E-state index contributed by atoms with van der Waals surface area (Å²) in [7, 11) is 0. The minimum absolute atomic E-state index is 0.0281.